The highest BCUT2D eigenvalue weighted by molar-refractivity contribution is 6.39. The van der Waals surface area contributed by atoms with E-state index in [0.717, 1.165) is 10.5 Å². The van der Waals surface area contributed by atoms with Gasteiger partial charge in [0.2, 0.25) is 5.79 Å². The number of hydrogen-bond acceptors (Lipinski definition) is 12. The van der Waals surface area contributed by atoms with Crippen LogP contribution in [-0.2, 0) is 38.1 Å². The van der Waals surface area contributed by atoms with E-state index >= 15 is 0 Å². The maximum atomic E-state index is 14.3. The van der Waals surface area contributed by atoms with Crippen LogP contribution in [0.25, 0.3) is 0 Å². The van der Waals surface area contributed by atoms with Crippen molar-refractivity contribution in [3.05, 3.63) is 36.0 Å². The first kappa shape index (κ1) is 48.6. The number of piperidine rings is 1. The van der Waals surface area contributed by atoms with Crippen LogP contribution in [0, 0.1) is 29.6 Å². The van der Waals surface area contributed by atoms with Gasteiger partial charge in [0.05, 0.1) is 30.5 Å². The summed E-state index contributed by atoms with van der Waals surface area (Å²) < 4.78 is 23.7. The zero-order valence-corrected chi connectivity index (χ0v) is 35.7. The van der Waals surface area contributed by atoms with Crippen LogP contribution in [0.2, 0.25) is 0 Å². The van der Waals surface area contributed by atoms with Crippen molar-refractivity contribution in [3.63, 3.8) is 0 Å². The highest BCUT2D eigenvalue weighted by atomic mass is 16.7. The van der Waals surface area contributed by atoms with Crippen molar-refractivity contribution < 1.29 is 58.6 Å². The summed E-state index contributed by atoms with van der Waals surface area (Å²) in [6.07, 6.45) is 3.03. The minimum absolute atomic E-state index is 0.0660. The van der Waals surface area contributed by atoms with Gasteiger partial charge in [0.15, 0.2) is 0 Å². The first-order chi connectivity index (χ1) is 26.8. The molecule has 13 nitrogen and oxygen atoms in total. The van der Waals surface area contributed by atoms with E-state index in [0.29, 0.717) is 50.5 Å². The zero-order chi connectivity index (χ0) is 42.8. The minimum Gasteiger partial charge on any atom is -0.456 e. The second-order valence-electron chi connectivity index (χ2n) is 17.4. The van der Waals surface area contributed by atoms with E-state index in [-0.39, 0.29) is 43.4 Å². The molecular formula is C44H71NO12. The first-order valence-corrected chi connectivity index (χ1v) is 20.8. The van der Waals surface area contributed by atoms with Crippen LogP contribution >= 0.6 is 0 Å². The van der Waals surface area contributed by atoms with Gasteiger partial charge < -0.3 is 44.3 Å². The number of carbonyl (C=O) groups excluding carboxylic acids is 4. The van der Waals surface area contributed by atoms with Crippen LogP contribution in [-0.4, -0.2) is 124 Å². The van der Waals surface area contributed by atoms with Gasteiger partial charge in [-0.25, -0.2) is 4.79 Å². The van der Waals surface area contributed by atoms with Crippen LogP contribution in [0.5, 0.6) is 0 Å². The topological polar surface area (TPSA) is 189 Å². The average Bonchev–Trinajstić information content (AvgIpc) is 3.16. The van der Waals surface area contributed by atoms with Gasteiger partial charge in [-0.1, -0.05) is 51.5 Å². The van der Waals surface area contributed by atoms with Crippen molar-refractivity contribution in [2.45, 2.75) is 167 Å². The van der Waals surface area contributed by atoms with Crippen LogP contribution in [0.4, 0.5) is 0 Å². The number of Topliss-reactive ketones (excluding diaryl/α,β-unsaturated/α-hetero) is 2. The molecule has 11 unspecified atom stereocenters. The number of amides is 1. The molecule has 1 aliphatic carbocycles. The third kappa shape index (κ3) is 12.6. The van der Waals surface area contributed by atoms with E-state index < -0.39 is 90.0 Å². The molecule has 0 spiro atoms. The van der Waals surface area contributed by atoms with E-state index in [9.17, 15) is 39.6 Å². The fraction of sp³-hybridized carbons (Fsp3) is 0.773. The number of allylic oxidation sites excluding steroid dienone is 4. The summed E-state index contributed by atoms with van der Waals surface area (Å²) in [5.41, 5.74) is 1.54. The largest absolute Gasteiger partial charge is 0.456 e. The number of likely N-dealkylation sites (tertiary alicyclic amines) is 1. The Hall–Kier alpha value is -2.78. The Labute approximate surface area is 339 Å². The lowest BCUT2D eigenvalue weighted by molar-refractivity contribution is -0.302. The molecule has 13 heteroatoms. The molecule has 1 saturated carbocycles. The van der Waals surface area contributed by atoms with Gasteiger partial charge in [-0.15, -0.1) is 6.58 Å². The highest BCUT2D eigenvalue weighted by Gasteiger charge is 2.56. The van der Waals surface area contributed by atoms with Gasteiger partial charge in [-0.2, -0.15) is 0 Å². The van der Waals surface area contributed by atoms with Gasteiger partial charge in [-0.3, -0.25) is 14.4 Å². The van der Waals surface area contributed by atoms with E-state index in [2.05, 4.69) is 6.58 Å². The summed E-state index contributed by atoms with van der Waals surface area (Å²) in [5.74, 6) is -7.76. The Balaban J connectivity index is 1.92. The lowest BCUT2D eigenvalue weighted by Crippen LogP contribution is -2.64. The molecule has 1 amide bonds. The van der Waals surface area contributed by atoms with Crippen LogP contribution < -0.4 is 0 Å². The Morgan fingerprint density at radius 2 is 1.68 bits per heavy atom. The average molecular weight is 806 g/mol. The molecular weight excluding hydrogens is 734 g/mol. The fourth-order valence-corrected chi connectivity index (χ4v) is 8.62. The normalized spacial score (nSPS) is 31.1. The molecule has 3 fully saturated rings. The number of rotatable bonds is 19. The number of ketones is 2. The van der Waals surface area contributed by atoms with E-state index in [1.165, 1.54) is 14.2 Å². The zero-order valence-electron chi connectivity index (χ0n) is 35.7. The maximum Gasteiger partial charge on any atom is 0.329 e. The minimum atomic E-state index is -2.50. The molecule has 3 rings (SSSR count). The Morgan fingerprint density at radius 3 is 2.26 bits per heavy atom. The number of methoxy groups -OCH3 is 2. The van der Waals surface area contributed by atoms with Crippen molar-refractivity contribution in [2.24, 2.45) is 29.6 Å². The maximum absolute atomic E-state index is 14.3. The van der Waals surface area contributed by atoms with Crippen LogP contribution in [0.15, 0.2) is 36.0 Å². The predicted molar refractivity (Wildman–Crippen MR) is 215 cm³/mol. The summed E-state index contributed by atoms with van der Waals surface area (Å²) >= 11 is 0. The molecule has 4 N–H and O–H groups in total. The lowest BCUT2D eigenvalue weighted by Gasteiger charge is -2.47. The molecule has 0 radical (unpaired) electrons. The third-order valence-electron chi connectivity index (χ3n) is 12.0. The monoisotopic (exact) mass is 805 g/mol. The molecule has 0 aromatic heterocycles. The van der Waals surface area contributed by atoms with Crippen LogP contribution in [0.3, 0.4) is 0 Å². The van der Waals surface area contributed by atoms with E-state index in [1.54, 1.807) is 26.8 Å². The Kier molecular flexibility index (Phi) is 18.8. The van der Waals surface area contributed by atoms with Crippen molar-refractivity contribution in [3.8, 4) is 0 Å². The number of nitrogens with zero attached hydrogens (tertiary/aromatic N) is 1. The number of aliphatic hydroxyl groups is 4. The van der Waals surface area contributed by atoms with Gasteiger partial charge in [0, 0.05) is 44.9 Å². The van der Waals surface area contributed by atoms with Crippen molar-refractivity contribution >= 4 is 23.4 Å². The summed E-state index contributed by atoms with van der Waals surface area (Å²) in [6.45, 7) is 16.7. The molecule has 2 heterocycles. The first-order valence-electron chi connectivity index (χ1n) is 20.8. The molecule has 57 heavy (non-hydrogen) atoms. The quantitative estimate of drug-likeness (QED) is 0.0807. The molecule has 2 saturated heterocycles. The molecule has 3 aliphatic rings. The number of esters is 1. The highest BCUT2D eigenvalue weighted by Crippen LogP contribution is 2.38. The van der Waals surface area contributed by atoms with Crippen molar-refractivity contribution in [2.75, 3.05) is 20.8 Å². The summed E-state index contributed by atoms with van der Waals surface area (Å²) in [7, 11) is 3.04. The third-order valence-corrected chi connectivity index (χ3v) is 12.0. The molecule has 0 aromatic rings. The fourth-order valence-electron chi connectivity index (χ4n) is 8.62. The predicted octanol–water partition coefficient (Wildman–Crippen LogP) is 4.62. The molecule has 2 aliphatic heterocycles. The number of carbonyl (C=O) groups is 4. The second kappa shape index (κ2) is 22.0. The Morgan fingerprint density at radius 1 is 1.00 bits per heavy atom. The summed E-state index contributed by atoms with van der Waals surface area (Å²) in [4.78, 5) is 57.1. The van der Waals surface area contributed by atoms with Gasteiger partial charge >= 0.3 is 5.97 Å². The Bertz CT molecular complexity index is 1440. The van der Waals surface area contributed by atoms with E-state index in [1.807, 2.05) is 39.8 Å². The number of hydrogen-bond donors (Lipinski definition) is 4. The van der Waals surface area contributed by atoms with E-state index in [4.69, 9.17) is 18.9 Å². The summed E-state index contributed by atoms with van der Waals surface area (Å²) in [5, 5.41) is 43.9. The molecule has 324 valence electrons. The number of ether oxygens (including phenoxy) is 4. The second-order valence-corrected chi connectivity index (χ2v) is 17.4. The van der Waals surface area contributed by atoms with Crippen molar-refractivity contribution in [1.29, 1.82) is 0 Å². The van der Waals surface area contributed by atoms with Gasteiger partial charge in [0.1, 0.15) is 24.0 Å². The number of aliphatic hydroxyl groups excluding tert-OH is 3. The lowest BCUT2D eigenvalue weighted by atomic mass is 9.82. The SMILES string of the molecule is C=CCC(C=C(C)C)C(=O)CC(O)C(C)C(OC(=O)[C@@H]1CCCCN1C(=O)C(=O)C1(O)OC(C(CC(C)C)OC)C(OC)CC1C)/C(C)=C/[C@@H]1CCC(O)C(O)C1. The molecule has 0 bridgehead atoms. The van der Waals surface area contributed by atoms with Gasteiger partial charge in [-0.05, 0) is 96.0 Å². The summed E-state index contributed by atoms with van der Waals surface area (Å²) in [6, 6.07) is -1.17. The molecule has 13 atom stereocenters. The molecule has 0 aromatic carbocycles. The smallest absolute Gasteiger partial charge is 0.329 e. The van der Waals surface area contributed by atoms with Gasteiger partial charge in [0.25, 0.3) is 11.7 Å². The standard InChI is InChI=1S/C44H71NO12/c1-11-14-31(19-25(2)3)35(48)24-34(47)29(8)39(27(6)21-30-16-17-33(46)36(49)23-30)56-43(52)32-15-12-13-18-45(32)42(51)41(50)44(53)28(7)22-38(55-10)40(57-44)37(54-9)20-26(4)5/h11,19,21,26,28-34,36-40,46-47,49,53H,1,12-18,20,22-24H2,2-10H3/b27-21+/t28?,29?,30-,31?,32-,33?,34?,36?,37?,38?,39?,40?,44?/m0/s1. The van der Waals surface area contributed by atoms with Crippen LogP contribution in [0.1, 0.15) is 113 Å². The van der Waals surface area contributed by atoms with Crippen molar-refractivity contribution in [1.82, 2.24) is 4.90 Å².